The third kappa shape index (κ3) is 5.48. The molecule has 0 saturated heterocycles. The average Bonchev–Trinajstić information content (AvgIpc) is 2.96. The molecule has 8 heteroatoms. The number of aromatic nitrogens is 1. The summed E-state index contributed by atoms with van der Waals surface area (Å²) in [6.45, 7) is 3.96. The Morgan fingerprint density at radius 1 is 1.27 bits per heavy atom. The molecule has 0 radical (unpaired) electrons. The first kappa shape index (κ1) is 20.3. The highest BCUT2D eigenvalue weighted by molar-refractivity contribution is 7.84. The van der Waals surface area contributed by atoms with Crippen LogP contribution in [0.2, 0.25) is 0 Å². The van der Waals surface area contributed by atoms with Gasteiger partial charge in [0, 0.05) is 30.6 Å². The van der Waals surface area contributed by atoms with E-state index in [1.165, 1.54) is 14.2 Å². The molecule has 1 aromatic heterocycles. The maximum Gasteiger partial charge on any atom is 0.232 e. The van der Waals surface area contributed by atoms with Crippen LogP contribution < -0.4 is 5.32 Å². The Morgan fingerprint density at radius 3 is 2.62 bits per heavy atom. The zero-order chi connectivity index (χ0) is 19.1. The number of hydrogen-bond acceptors (Lipinski definition) is 6. The van der Waals surface area contributed by atoms with Gasteiger partial charge in [0.2, 0.25) is 11.8 Å². The first-order valence-corrected chi connectivity index (χ1v) is 9.63. The Balaban J connectivity index is 1.95. The summed E-state index contributed by atoms with van der Waals surface area (Å²) in [5.41, 5.74) is 2.54. The summed E-state index contributed by atoms with van der Waals surface area (Å²) in [7, 11) is 1.57. The van der Waals surface area contributed by atoms with Gasteiger partial charge < -0.3 is 19.2 Å². The minimum absolute atomic E-state index is 0.119. The molecule has 1 atom stereocenters. The van der Waals surface area contributed by atoms with Crippen LogP contribution in [-0.4, -0.2) is 47.9 Å². The Labute approximate surface area is 155 Å². The van der Waals surface area contributed by atoms with Crippen molar-refractivity contribution in [2.75, 3.05) is 26.5 Å². The molecule has 0 unspecified atom stereocenters. The summed E-state index contributed by atoms with van der Waals surface area (Å²) in [4.78, 5) is 16.3. The summed E-state index contributed by atoms with van der Waals surface area (Å²) in [5.74, 6) is 0.817. The van der Waals surface area contributed by atoms with Crippen molar-refractivity contribution in [1.82, 2.24) is 10.3 Å². The first-order chi connectivity index (χ1) is 12.4. The maximum absolute atomic E-state index is 12.3. The fourth-order valence-electron chi connectivity index (χ4n) is 2.35. The van der Waals surface area contributed by atoms with Crippen molar-refractivity contribution >= 4 is 16.7 Å². The van der Waals surface area contributed by atoms with E-state index in [4.69, 9.17) is 13.9 Å². The molecule has 2 aromatic rings. The molecule has 0 fully saturated rings. The summed E-state index contributed by atoms with van der Waals surface area (Å²) < 4.78 is 28.0. The molecular formula is C18H24N2O5S. The monoisotopic (exact) mass is 380 g/mol. The fourth-order valence-corrected chi connectivity index (χ4v) is 3.42. The van der Waals surface area contributed by atoms with E-state index in [1.807, 2.05) is 31.2 Å². The number of aryl methyl sites for hydroxylation is 2. The second-order valence-electron chi connectivity index (χ2n) is 5.77. The molecule has 1 N–H and O–H groups in total. The molecule has 26 heavy (non-hydrogen) atoms. The predicted octanol–water partition coefficient (Wildman–Crippen LogP) is 1.94. The average molecular weight is 380 g/mol. The standard InChI is InChI=1S/C18H24N2O5S/c1-12-7-5-6-8-14(12)18-20-15(13(2)25-18)10-26(22)11-16(21)19-9-17(23-3)24-4/h5-8,17H,9-11H2,1-4H3,(H,19,21)/t26-/m0/s1. The number of carbonyl (C=O) groups is 1. The first-order valence-electron chi connectivity index (χ1n) is 8.14. The van der Waals surface area contributed by atoms with Crippen molar-refractivity contribution in [3.05, 3.63) is 41.3 Å². The number of rotatable bonds is 9. The normalized spacial score (nSPS) is 12.3. The Kier molecular flexibility index (Phi) is 7.50. The van der Waals surface area contributed by atoms with Gasteiger partial charge in [-0.3, -0.25) is 9.00 Å². The number of carbonyl (C=O) groups excluding carboxylic acids is 1. The van der Waals surface area contributed by atoms with Gasteiger partial charge in [0.25, 0.3) is 0 Å². The Morgan fingerprint density at radius 2 is 1.96 bits per heavy atom. The van der Waals surface area contributed by atoms with Crippen molar-refractivity contribution in [2.24, 2.45) is 0 Å². The van der Waals surface area contributed by atoms with Gasteiger partial charge in [-0.1, -0.05) is 18.2 Å². The molecule has 142 valence electrons. The molecule has 0 spiro atoms. The Hall–Kier alpha value is -2.03. The van der Waals surface area contributed by atoms with Crippen molar-refractivity contribution < 1.29 is 22.9 Å². The second-order valence-corrected chi connectivity index (χ2v) is 7.23. The number of nitrogens with one attached hydrogen (secondary N) is 1. The number of ether oxygens (including phenoxy) is 2. The lowest BCUT2D eigenvalue weighted by molar-refractivity contribution is -0.125. The Bertz CT molecular complexity index is 771. The van der Waals surface area contributed by atoms with Crippen LogP contribution in [0.25, 0.3) is 11.5 Å². The van der Waals surface area contributed by atoms with Crippen molar-refractivity contribution in [3.8, 4) is 11.5 Å². The SMILES string of the molecule is COC(CNC(=O)C[S@@](=O)Cc1nc(-c2ccccc2C)oc1C)OC. The number of nitrogens with zero attached hydrogens (tertiary/aromatic N) is 1. The third-order valence-electron chi connectivity index (χ3n) is 3.85. The lowest BCUT2D eigenvalue weighted by atomic mass is 10.1. The fraction of sp³-hybridized carbons (Fsp3) is 0.444. The molecule has 1 heterocycles. The molecule has 1 amide bonds. The van der Waals surface area contributed by atoms with Crippen LogP contribution in [0.1, 0.15) is 17.0 Å². The van der Waals surface area contributed by atoms with E-state index < -0.39 is 17.1 Å². The second kappa shape index (κ2) is 9.61. The molecule has 2 rings (SSSR count). The minimum atomic E-state index is -1.39. The molecule has 7 nitrogen and oxygen atoms in total. The summed E-state index contributed by atoms with van der Waals surface area (Å²) in [6.07, 6.45) is -0.526. The molecule has 0 bridgehead atoms. The van der Waals surface area contributed by atoms with Crippen LogP contribution in [0.5, 0.6) is 0 Å². The predicted molar refractivity (Wildman–Crippen MR) is 98.9 cm³/mol. The maximum atomic E-state index is 12.3. The molecular weight excluding hydrogens is 356 g/mol. The topological polar surface area (TPSA) is 90.7 Å². The van der Waals surface area contributed by atoms with E-state index in [0.717, 1.165) is 11.1 Å². The number of oxazole rings is 1. The number of amides is 1. The van der Waals surface area contributed by atoms with E-state index in [0.29, 0.717) is 17.3 Å². The number of methoxy groups -OCH3 is 2. The highest BCUT2D eigenvalue weighted by Crippen LogP contribution is 2.25. The van der Waals surface area contributed by atoms with Crippen LogP contribution in [-0.2, 0) is 30.8 Å². The van der Waals surface area contributed by atoms with E-state index in [-0.39, 0.29) is 24.0 Å². The van der Waals surface area contributed by atoms with E-state index >= 15 is 0 Å². The number of benzene rings is 1. The van der Waals surface area contributed by atoms with Gasteiger partial charge in [-0.15, -0.1) is 0 Å². The van der Waals surface area contributed by atoms with E-state index in [9.17, 15) is 9.00 Å². The molecule has 0 aliphatic rings. The van der Waals surface area contributed by atoms with Crippen molar-refractivity contribution in [3.63, 3.8) is 0 Å². The largest absolute Gasteiger partial charge is 0.441 e. The van der Waals surface area contributed by atoms with E-state index in [1.54, 1.807) is 6.92 Å². The van der Waals surface area contributed by atoms with Crippen LogP contribution in [0, 0.1) is 13.8 Å². The van der Waals surface area contributed by atoms with E-state index in [2.05, 4.69) is 10.3 Å². The van der Waals surface area contributed by atoms with Gasteiger partial charge in [0.15, 0.2) is 6.29 Å². The summed E-state index contributed by atoms with van der Waals surface area (Å²) in [6, 6.07) is 7.76. The van der Waals surface area contributed by atoms with Gasteiger partial charge in [0.05, 0.1) is 18.0 Å². The van der Waals surface area contributed by atoms with Crippen molar-refractivity contribution in [1.29, 1.82) is 0 Å². The van der Waals surface area contributed by atoms with Crippen molar-refractivity contribution in [2.45, 2.75) is 25.9 Å². The zero-order valence-corrected chi connectivity index (χ0v) is 16.2. The van der Waals surface area contributed by atoms with Gasteiger partial charge in [-0.05, 0) is 25.5 Å². The lowest BCUT2D eigenvalue weighted by Crippen LogP contribution is -2.36. The lowest BCUT2D eigenvalue weighted by Gasteiger charge is -2.13. The summed E-state index contributed by atoms with van der Waals surface area (Å²) >= 11 is 0. The number of hydrogen-bond donors (Lipinski definition) is 1. The smallest absolute Gasteiger partial charge is 0.232 e. The van der Waals surface area contributed by atoms with Crippen LogP contribution in [0.15, 0.2) is 28.7 Å². The zero-order valence-electron chi connectivity index (χ0n) is 15.4. The van der Waals surface area contributed by atoms with Gasteiger partial charge >= 0.3 is 0 Å². The summed E-state index contributed by atoms with van der Waals surface area (Å²) in [5, 5.41) is 2.63. The molecule has 0 aliphatic carbocycles. The molecule has 0 aliphatic heterocycles. The molecule has 1 aromatic carbocycles. The highest BCUT2D eigenvalue weighted by Gasteiger charge is 2.17. The molecule has 0 saturated carbocycles. The minimum Gasteiger partial charge on any atom is -0.441 e. The van der Waals surface area contributed by atoms with Crippen LogP contribution in [0.4, 0.5) is 0 Å². The van der Waals surface area contributed by atoms with Gasteiger partial charge in [-0.2, -0.15) is 0 Å². The van der Waals surface area contributed by atoms with Crippen LogP contribution in [0.3, 0.4) is 0 Å². The third-order valence-corrected chi connectivity index (χ3v) is 5.03. The van der Waals surface area contributed by atoms with Gasteiger partial charge in [-0.25, -0.2) is 4.98 Å². The quantitative estimate of drug-likeness (QED) is 0.669. The van der Waals surface area contributed by atoms with Crippen LogP contribution >= 0.6 is 0 Å². The van der Waals surface area contributed by atoms with Gasteiger partial charge in [0.1, 0.15) is 11.5 Å². The highest BCUT2D eigenvalue weighted by atomic mass is 32.2.